The monoisotopic (exact) mass is 1360 g/mol. The molecule has 41 nitrogen and oxygen atoms in total. The molecule has 92 heavy (non-hydrogen) atoms. The molecule has 30 rings (SSSR count). The molecular formula is C51H88O41. The van der Waals surface area contributed by atoms with Crippen LogP contribution in [0.3, 0.4) is 0 Å². The highest BCUT2D eigenvalue weighted by Gasteiger charge is 2.60. The molecule has 0 aromatic carbocycles. The van der Waals surface area contributed by atoms with E-state index in [0.29, 0.717) is 6.61 Å². The van der Waals surface area contributed by atoms with Crippen molar-refractivity contribution in [2.75, 3.05) is 59.5 Å². The lowest BCUT2D eigenvalue weighted by Crippen LogP contribution is -2.69. The molecule has 0 aromatic rings. The molecule has 0 saturated carbocycles. The lowest BCUT2D eigenvalue weighted by molar-refractivity contribution is -0.404. The third-order valence-corrected chi connectivity index (χ3v) is 17.1. The Morgan fingerprint density at radius 3 is 0.348 bits per heavy atom. The molecule has 0 aromatic heterocycles. The zero-order valence-electron chi connectivity index (χ0n) is 48.9. The molecule has 30 heterocycles. The maximum atomic E-state index is 11.4. The van der Waals surface area contributed by atoms with E-state index in [0.717, 1.165) is 6.42 Å². The molecule has 25 N–H and O–H groups in total. The van der Waals surface area contributed by atoms with Crippen molar-refractivity contribution in [3.63, 3.8) is 0 Å². The first-order valence-corrected chi connectivity index (χ1v) is 29.7. The Morgan fingerprint density at radius 2 is 0.272 bits per heavy atom. The summed E-state index contributed by atoms with van der Waals surface area (Å²) in [6.45, 7) is -6.39. The second-order valence-electron chi connectivity index (χ2n) is 23.2. The summed E-state index contributed by atoms with van der Waals surface area (Å²) in [5, 5.41) is 273. The summed E-state index contributed by atoms with van der Waals surface area (Å²) < 4.78 is 91.1. The molecule has 41 heteroatoms. The van der Waals surface area contributed by atoms with Crippen LogP contribution in [-0.4, -0.2) is 433 Å². The first-order chi connectivity index (χ1) is 43.8. The van der Waals surface area contributed by atoms with Crippen LogP contribution in [0.4, 0.5) is 0 Å². The van der Waals surface area contributed by atoms with Gasteiger partial charge < -0.3 is 203 Å². The van der Waals surface area contributed by atoms with Gasteiger partial charge in [-0.1, -0.05) is 6.92 Å². The lowest BCUT2D eigenvalue weighted by atomic mass is 9.94. The highest BCUT2D eigenvalue weighted by atomic mass is 16.8. The normalized spacial score (nSPS) is 53.3. The number of ether oxygens (including phenoxy) is 16. The maximum absolute atomic E-state index is 11.4. The molecule has 0 amide bonds. The third-order valence-electron chi connectivity index (χ3n) is 17.1. The quantitative estimate of drug-likeness (QED) is 0.102. The second kappa shape index (κ2) is 33.5. The van der Waals surface area contributed by atoms with Crippen LogP contribution in [0.15, 0.2) is 0 Å². The highest BCUT2D eigenvalue weighted by molar-refractivity contribution is 5.02. The van der Waals surface area contributed by atoms with Crippen molar-refractivity contribution in [2.24, 2.45) is 0 Å². The van der Waals surface area contributed by atoms with E-state index < -0.39 is 299 Å². The van der Waals surface area contributed by atoms with Crippen LogP contribution in [-0.2, 0) is 75.8 Å². The zero-order chi connectivity index (χ0) is 67.5. The largest absolute Gasteiger partial charge is 0.396 e. The van der Waals surface area contributed by atoms with Gasteiger partial charge in [-0.2, -0.15) is 0 Å². The Labute approximate surface area is 521 Å². The fraction of sp³-hybridized carbons (Fsp3) is 1.00. The van der Waals surface area contributed by atoms with Gasteiger partial charge in [0, 0.05) is 6.61 Å². The van der Waals surface area contributed by atoms with Crippen molar-refractivity contribution < 1.29 is 203 Å². The Kier molecular flexibility index (Phi) is 27.7. The van der Waals surface area contributed by atoms with E-state index in [1.165, 1.54) is 0 Å². The van der Waals surface area contributed by atoms with Gasteiger partial charge in [-0.15, -0.1) is 0 Å². The number of aliphatic hydroxyl groups is 25. The zero-order valence-corrected chi connectivity index (χ0v) is 48.9. The van der Waals surface area contributed by atoms with E-state index in [2.05, 4.69) is 0 Å². The van der Waals surface area contributed by atoms with E-state index in [1.807, 2.05) is 6.92 Å². The summed E-state index contributed by atoms with van der Waals surface area (Å²) in [6.07, 6.45) is -81.1. The first-order valence-electron chi connectivity index (χ1n) is 29.7. The maximum Gasteiger partial charge on any atom is 0.187 e. The molecule has 30 aliphatic heterocycles. The van der Waals surface area contributed by atoms with E-state index >= 15 is 0 Å². The topological polar surface area (TPSA) is 653 Å². The minimum absolute atomic E-state index is 0.319. The number of hydrogen-bond acceptors (Lipinski definition) is 41. The van der Waals surface area contributed by atoms with Crippen molar-refractivity contribution in [3.8, 4) is 0 Å². The third kappa shape index (κ3) is 15.7. The average Bonchev–Trinajstić information content (AvgIpc) is 0.789. The molecule has 0 radical (unpaired) electrons. The fourth-order valence-corrected chi connectivity index (χ4v) is 11.9. The summed E-state index contributed by atoms with van der Waals surface area (Å²) in [4.78, 5) is 0. The Bertz CT molecular complexity index is 1740. The van der Waals surface area contributed by atoms with Crippen molar-refractivity contribution in [1.29, 1.82) is 0 Å². The van der Waals surface area contributed by atoms with Gasteiger partial charge in [0.2, 0.25) is 0 Å². The SMILES string of the molecule is CCCO.OC[C@H]1O[C@@H]2O[C@H]3[C@H](O)[C@@H](O)[C@@H](O[C@H]4[C@H](O)[C@@H](O)[C@@H](O[C@H]5[C@H](O)[C@@H](O)[C@@H](O[C@H]6[C@H](O)[C@@H](O)[C@@H](O[C@H]7[C@H](O)[C@@H](O)[C@@H](O[C@H]8[C@H](O)[C@@H](O)[C@@H](O[C@H]9[C@H](O)[C@@H](O)[C@@H](O[C@H]1[C@H](O)[C@H]2O)O[C@@H]9CO)O[C@@H]8CO)O[C@@H]7CO)O[C@@H]6CO)O[C@@H]5CO)O[C@@H]4CO)O[C@@H]3CO. The van der Waals surface area contributed by atoms with Crippen molar-refractivity contribution in [1.82, 2.24) is 0 Å². The summed E-state index contributed by atoms with van der Waals surface area (Å²) in [7, 11) is 0. The van der Waals surface area contributed by atoms with Crippen molar-refractivity contribution in [2.45, 2.75) is 259 Å². The Balaban J connectivity index is 0.00000264. The van der Waals surface area contributed by atoms with Gasteiger partial charge in [-0.25, -0.2) is 0 Å². The van der Waals surface area contributed by atoms with Gasteiger partial charge in [0.1, 0.15) is 195 Å². The van der Waals surface area contributed by atoms with E-state index in [9.17, 15) is 123 Å². The van der Waals surface area contributed by atoms with Gasteiger partial charge >= 0.3 is 0 Å². The minimum Gasteiger partial charge on any atom is -0.396 e. The van der Waals surface area contributed by atoms with Gasteiger partial charge in [0.05, 0.1) is 52.9 Å². The predicted octanol–water partition coefficient (Wildman–Crippen LogP) is -17.0. The molecule has 0 unspecified atom stereocenters. The number of rotatable bonds is 9. The van der Waals surface area contributed by atoms with Gasteiger partial charge in [-0.05, 0) is 6.42 Å². The van der Waals surface area contributed by atoms with Crippen LogP contribution in [0.2, 0.25) is 0 Å². The molecular weight excluding hydrogens is 1270 g/mol. The molecule has 0 aliphatic carbocycles. The Hall–Kier alpha value is -1.64. The minimum atomic E-state index is -2.25. The van der Waals surface area contributed by atoms with Crippen LogP contribution in [0.5, 0.6) is 0 Å². The van der Waals surface area contributed by atoms with Crippen LogP contribution >= 0.6 is 0 Å². The molecule has 30 fully saturated rings. The molecule has 30 aliphatic rings. The lowest BCUT2D eigenvalue weighted by Gasteiger charge is -2.50. The molecule has 30 saturated heterocycles. The smallest absolute Gasteiger partial charge is 0.187 e. The second-order valence-corrected chi connectivity index (χ2v) is 23.2. The summed E-state index contributed by atoms with van der Waals surface area (Å²) in [5.74, 6) is 0. The number of hydrogen-bond donors (Lipinski definition) is 25. The van der Waals surface area contributed by atoms with Crippen molar-refractivity contribution >= 4 is 0 Å². The molecule has 0 spiro atoms. The fourth-order valence-electron chi connectivity index (χ4n) is 11.9. The van der Waals surface area contributed by atoms with E-state index in [1.54, 1.807) is 0 Å². The summed E-state index contributed by atoms with van der Waals surface area (Å²) in [5.41, 5.74) is 0. The number of aliphatic hydroxyl groups excluding tert-OH is 25. The molecule has 40 atom stereocenters. The summed E-state index contributed by atoms with van der Waals surface area (Å²) in [6, 6.07) is 0. The van der Waals surface area contributed by atoms with E-state index in [-0.39, 0.29) is 0 Å². The van der Waals surface area contributed by atoms with Gasteiger partial charge in [0.15, 0.2) is 50.3 Å². The van der Waals surface area contributed by atoms with Crippen LogP contribution in [0.25, 0.3) is 0 Å². The average molecular weight is 1360 g/mol. The van der Waals surface area contributed by atoms with Gasteiger partial charge in [-0.3, -0.25) is 0 Å². The van der Waals surface area contributed by atoms with Crippen molar-refractivity contribution in [3.05, 3.63) is 0 Å². The standard InChI is InChI=1S/C48H80O40.C3H8O/c49-1-9-33-17(57)25(65)41(73-9)82-34-10(2-50)75-43(27(67)19(34)59)84-36-12(4-52)77-45(29(69)21(36)61)86-38-14(6-54)79-47(31(71)23(38)63)88-40-16(8-56)80-48(32(72)24(40)64)87-39-15(7-55)78-46(30(70)22(39)62)85-37-13(5-53)76-44(28(68)20(37)60)83-35-11(3-51)74-42(81-33)26(66)18(35)58;1-2-3-4/h9-72H,1-8H2;4H,2-3H2,1H3/t9-,10-,11-,12-,13-,14-,15-,16-,17-,18-,19-,20-,21-,22-,23-,24-,25-,26-,27-,28-,29-,30-,31-,32-,33-,34-,35-,36-,37-,38-,39-,40-,41-,42-,43-,44-,45-,46-,47-,48-;/m1./s1. The molecule has 538 valence electrons. The van der Waals surface area contributed by atoms with Gasteiger partial charge in [0.25, 0.3) is 0 Å². The van der Waals surface area contributed by atoms with Crippen LogP contribution in [0, 0.1) is 0 Å². The van der Waals surface area contributed by atoms with Crippen LogP contribution in [0.1, 0.15) is 13.3 Å². The molecule has 16 bridgehead atoms. The van der Waals surface area contributed by atoms with E-state index in [4.69, 9.17) is 80.9 Å². The highest BCUT2D eigenvalue weighted by Crippen LogP contribution is 2.40. The Morgan fingerprint density at radius 1 is 0.174 bits per heavy atom. The van der Waals surface area contributed by atoms with Crippen LogP contribution < -0.4 is 0 Å². The first kappa shape index (κ1) is 76.1. The predicted molar refractivity (Wildman–Crippen MR) is 278 cm³/mol. The summed E-state index contributed by atoms with van der Waals surface area (Å²) >= 11 is 0.